The zero-order valence-corrected chi connectivity index (χ0v) is 11.5. The Hall–Kier alpha value is -2.30. The number of amides is 2. The molecule has 20 heavy (non-hydrogen) atoms. The molecule has 1 aromatic carbocycles. The van der Waals surface area contributed by atoms with Crippen LogP contribution in [-0.4, -0.2) is 15.8 Å². The van der Waals surface area contributed by atoms with Crippen LogP contribution in [0.3, 0.4) is 0 Å². The van der Waals surface area contributed by atoms with Crippen molar-refractivity contribution in [2.75, 3.05) is 5.32 Å². The largest absolute Gasteiger partial charge is 0.331 e. The topological polar surface area (TPSA) is 59.0 Å². The Bertz CT molecular complexity index is 620. The molecule has 1 aliphatic rings. The van der Waals surface area contributed by atoms with Gasteiger partial charge in [0.25, 0.3) is 0 Å². The van der Waals surface area contributed by atoms with Gasteiger partial charge in [0.05, 0.1) is 6.04 Å². The lowest BCUT2D eigenvalue weighted by atomic mass is 9.88. The molecule has 2 amide bonds. The molecule has 1 aliphatic carbocycles. The van der Waals surface area contributed by atoms with Crippen LogP contribution in [0.4, 0.5) is 10.6 Å². The van der Waals surface area contributed by atoms with Gasteiger partial charge in [0.2, 0.25) is 0 Å². The molecule has 0 saturated heterocycles. The molecule has 2 aromatic rings. The molecule has 0 saturated carbocycles. The Morgan fingerprint density at radius 2 is 2.20 bits per heavy atom. The van der Waals surface area contributed by atoms with Crippen molar-refractivity contribution in [1.29, 1.82) is 0 Å². The number of carbonyl (C=O) groups excluding carboxylic acids is 1. The summed E-state index contributed by atoms with van der Waals surface area (Å²) in [5.74, 6) is 0.564. The summed E-state index contributed by atoms with van der Waals surface area (Å²) in [5.41, 5.74) is 2.57. The van der Waals surface area contributed by atoms with Crippen molar-refractivity contribution in [3.63, 3.8) is 0 Å². The minimum absolute atomic E-state index is 0.0867. The van der Waals surface area contributed by atoms with Gasteiger partial charge in [-0.1, -0.05) is 24.3 Å². The lowest BCUT2D eigenvalue weighted by Crippen LogP contribution is -2.34. The number of nitrogens with zero attached hydrogens (tertiary/aromatic N) is 2. The van der Waals surface area contributed by atoms with Crippen LogP contribution < -0.4 is 10.6 Å². The van der Waals surface area contributed by atoms with Crippen LogP contribution in [-0.2, 0) is 13.5 Å². The van der Waals surface area contributed by atoms with Crippen molar-refractivity contribution >= 4 is 11.8 Å². The summed E-state index contributed by atoms with van der Waals surface area (Å²) in [6, 6.07) is 9.97. The van der Waals surface area contributed by atoms with Crippen molar-refractivity contribution in [3.8, 4) is 0 Å². The van der Waals surface area contributed by atoms with Gasteiger partial charge in [-0.25, -0.2) is 4.79 Å². The number of hydrogen-bond acceptors (Lipinski definition) is 2. The number of anilines is 1. The molecule has 0 aliphatic heterocycles. The molecular formula is C15H18N4O. The van der Waals surface area contributed by atoms with E-state index in [0.29, 0.717) is 5.82 Å². The summed E-state index contributed by atoms with van der Waals surface area (Å²) in [6.07, 6.45) is 4.97. The summed E-state index contributed by atoms with van der Waals surface area (Å²) in [4.78, 5) is 12.0. The molecule has 5 nitrogen and oxygen atoms in total. The highest BCUT2D eigenvalue weighted by atomic mass is 16.2. The average molecular weight is 270 g/mol. The fraction of sp³-hybridized carbons (Fsp3) is 0.333. The van der Waals surface area contributed by atoms with E-state index < -0.39 is 0 Å². The van der Waals surface area contributed by atoms with Gasteiger partial charge in [0.15, 0.2) is 5.82 Å². The van der Waals surface area contributed by atoms with Gasteiger partial charge in [-0.15, -0.1) is 0 Å². The van der Waals surface area contributed by atoms with E-state index in [4.69, 9.17) is 0 Å². The highest BCUT2D eigenvalue weighted by Gasteiger charge is 2.21. The highest BCUT2D eigenvalue weighted by molar-refractivity contribution is 5.88. The third-order valence-electron chi connectivity index (χ3n) is 3.63. The second-order valence-electron chi connectivity index (χ2n) is 5.12. The predicted octanol–water partition coefficient (Wildman–Crippen LogP) is 2.62. The molecule has 2 N–H and O–H groups in total. The Balaban J connectivity index is 1.68. The van der Waals surface area contributed by atoms with E-state index in [9.17, 15) is 4.79 Å². The lowest BCUT2D eigenvalue weighted by Gasteiger charge is -2.26. The smallest absolute Gasteiger partial charge is 0.320 e. The van der Waals surface area contributed by atoms with Gasteiger partial charge in [-0.2, -0.15) is 5.10 Å². The first-order chi connectivity index (χ1) is 9.72. The molecule has 1 heterocycles. The fourth-order valence-electron chi connectivity index (χ4n) is 2.70. The molecule has 1 aromatic heterocycles. The molecule has 3 rings (SSSR count). The summed E-state index contributed by atoms with van der Waals surface area (Å²) in [6.45, 7) is 0. The van der Waals surface area contributed by atoms with E-state index in [1.165, 1.54) is 11.1 Å². The summed E-state index contributed by atoms with van der Waals surface area (Å²) >= 11 is 0. The van der Waals surface area contributed by atoms with Crippen LogP contribution in [0.5, 0.6) is 0 Å². The maximum Gasteiger partial charge on any atom is 0.320 e. The van der Waals surface area contributed by atoms with Crippen molar-refractivity contribution in [3.05, 3.63) is 47.7 Å². The molecule has 5 heteroatoms. The second-order valence-corrected chi connectivity index (χ2v) is 5.12. The molecule has 0 radical (unpaired) electrons. The Kier molecular flexibility index (Phi) is 3.41. The standard InChI is InChI=1S/C15H18N4O/c1-19-10-9-14(18-19)17-15(20)16-13-8-4-6-11-5-2-3-7-12(11)13/h2-3,5,7,9-10,13H,4,6,8H2,1H3,(H2,16,17,18,20). The quantitative estimate of drug-likeness (QED) is 0.881. The molecule has 0 bridgehead atoms. The normalized spacial score (nSPS) is 17.4. The average Bonchev–Trinajstić information content (AvgIpc) is 2.84. The van der Waals surface area contributed by atoms with Crippen LogP contribution in [0.1, 0.15) is 30.0 Å². The first kappa shape index (κ1) is 12.7. The monoisotopic (exact) mass is 270 g/mol. The number of aryl methyl sites for hydroxylation is 2. The molecule has 1 unspecified atom stereocenters. The van der Waals surface area contributed by atoms with Crippen LogP contribution >= 0.6 is 0 Å². The lowest BCUT2D eigenvalue weighted by molar-refractivity contribution is 0.247. The van der Waals surface area contributed by atoms with Crippen LogP contribution in [0.15, 0.2) is 36.5 Å². The highest BCUT2D eigenvalue weighted by Crippen LogP contribution is 2.29. The van der Waals surface area contributed by atoms with E-state index in [-0.39, 0.29) is 12.1 Å². The number of aromatic nitrogens is 2. The molecular weight excluding hydrogens is 252 g/mol. The van der Waals surface area contributed by atoms with Crippen LogP contribution in [0, 0.1) is 0 Å². The zero-order chi connectivity index (χ0) is 13.9. The van der Waals surface area contributed by atoms with E-state index in [1.54, 1.807) is 16.9 Å². The number of carbonyl (C=O) groups is 1. The number of hydrogen-bond donors (Lipinski definition) is 2. The zero-order valence-electron chi connectivity index (χ0n) is 11.5. The minimum atomic E-state index is -0.203. The van der Waals surface area contributed by atoms with Gasteiger partial charge in [0, 0.05) is 19.3 Å². The molecule has 104 valence electrons. The Labute approximate surface area is 118 Å². The molecule has 1 atom stereocenters. The van der Waals surface area contributed by atoms with Crippen molar-refractivity contribution < 1.29 is 4.79 Å². The van der Waals surface area contributed by atoms with Crippen molar-refractivity contribution in [2.24, 2.45) is 7.05 Å². The summed E-state index contributed by atoms with van der Waals surface area (Å²) in [7, 11) is 1.82. The number of fused-ring (bicyclic) bond motifs is 1. The van der Waals surface area contributed by atoms with Gasteiger partial charge in [-0.05, 0) is 30.4 Å². The van der Waals surface area contributed by atoms with Crippen molar-refractivity contribution in [2.45, 2.75) is 25.3 Å². The maximum absolute atomic E-state index is 12.0. The Morgan fingerprint density at radius 1 is 1.35 bits per heavy atom. The van der Waals surface area contributed by atoms with E-state index in [2.05, 4.69) is 33.9 Å². The SMILES string of the molecule is Cn1ccc(NC(=O)NC2CCCc3ccccc32)n1. The predicted molar refractivity (Wildman–Crippen MR) is 77.5 cm³/mol. The second kappa shape index (κ2) is 5.36. The number of urea groups is 1. The maximum atomic E-state index is 12.0. The fourth-order valence-corrected chi connectivity index (χ4v) is 2.70. The van der Waals surface area contributed by atoms with E-state index in [1.807, 2.05) is 13.1 Å². The third kappa shape index (κ3) is 2.66. The first-order valence-corrected chi connectivity index (χ1v) is 6.87. The number of benzene rings is 1. The first-order valence-electron chi connectivity index (χ1n) is 6.87. The Morgan fingerprint density at radius 3 is 3.00 bits per heavy atom. The van der Waals surface area contributed by atoms with E-state index in [0.717, 1.165) is 19.3 Å². The van der Waals surface area contributed by atoms with Gasteiger partial charge in [-0.3, -0.25) is 10.00 Å². The third-order valence-corrected chi connectivity index (χ3v) is 3.63. The molecule has 0 fully saturated rings. The molecule has 0 spiro atoms. The summed E-state index contributed by atoms with van der Waals surface area (Å²) < 4.78 is 1.66. The van der Waals surface area contributed by atoms with Gasteiger partial charge < -0.3 is 5.32 Å². The minimum Gasteiger partial charge on any atom is -0.331 e. The van der Waals surface area contributed by atoms with Gasteiger partial charge in [0.1, 0.15) is 0 Å². The van der Waals surface area contributed by atoms with Crippen molar-refractivity contribution in [1.82, 2.24) is 15.1 Å². The van der Waals surface area contributed by atoms with E-state index >= 15 is 0 Å². The number of nitrogens with one attached hydrogen (secondary N) is 2. The number of rotatable bonds is 2. The van der Waals surface area contributed by atoms with Gasteiger partial charge >= 0.3 is 6.03 Å². The van der Waals surface area contributed by atoms with Crippen LogP contribution in [0.2, 0.25) is 0 Å². The van der Waals surface area contributed by atoms with Crippen LogP contribution in [0.25, 0.3) is 0 Å². The summed E-state index contributed by atoms with van der Waals surface area (Å²) in [5, 5.41) is 9.93.